The van der Waals surface area contributed by atoms with Gasteiger partial charge in [-0.25, -0.2) is 5.43 Å². The normalized spacial score (nSPS) is 12.5. The Labute approximate surface area is 166 Å². The highest BCUT2D eigenvalue weighted by Crippen LogP contribution is 2.36. The number of nitrogens with zero attached hydrogens (tertiary/aromatic N) is 2. The average molecular weight is 387 g/mol. The van der Waals surface area contributed by atoms with Crippen LogP contribution in [0.25, 0.3) is 11.1 Å². The number of ether oxygens (including phenoxy) is 1. The third-order valence-corrected chi connectivity index (χ3v) is 4.64. The first-order chi connectivity index (χ1) is 14.0. The van der Waals surface area contributed by atoms with Gasteiger partial charge in [0, 0.05) is 17.2 Å². The molecule has 1 atom stereocenters. The molecule has 0 saturated carbocycles. The lowest BCUT2D eigenvalue weighted by molar-refractivity contribution is -0.384. The molecule has 7 heteroatoms. The minimum atomic E-state index is -0.881. The topological polar surface area (TPSA) is 93.8 Å². The minimum absolute atomic E-state index is 0.102. The van der Waals surface area contributed by atoms with Crippen molar-refractivity contribution in [1.29, 1.82) is 0 Å². The Kier molecular flexibility index (Phi) is 4.78. The maximum atomic E-state index is 12.5. The van der Waals surface area contributed by atoms with E-state index in [1.807, 2.05) is 48.5 Å². The second-order valence-corrected chi connectivity index (χ2v) is 6.54. The van der Waals surface area contributed by atoms with Crippen molar-refractivity contribution in [3.8, 4) is 16.9 Å². The predicted octanol–water partition coefficient (Wildman–Crippen LogP) is 3.91. The highest BCUT2D eigenvalue weighted by molar-refractivity contribution is 6.24. The molecule has 4 rings (SSSR count). The summed E-state index contributed by atoms with van der Waals surface area (Å²) in [4.78, 5) is 22.8. The minimum Gasteiger partial charge on any atom is -0.481 e. The molecule has 0 fully saturated rings. The molecule has 0 aliphatic heterocycles. The van der Waals surface area contributed by atoms with Crippen molar-refractivity contribution in [2.75, 3.05) is 0 Å². The molecule has 1 aliphatic carbocycles. The van der Waals surface area contributed by atoms with Crippen molar-refractivity contribution >= 4 is 17.3 Å². The van der Waals surface area contributed by atoms with Gasteiger partial charge in [-0.05, 0) is 24.1 Å². The molecule has 1 N–H and O–H groups in total. The van der Waals surface area contributed by atoms with Crippen LogP contribution in [0.3, 0.4) is 0 Å². The molecule has 0 aromatic heterocycles. The molecular formula is C22H17N3O4. The number of carbonyl (C=O) groups is 1. The Morgan fingerprint density at radius 2 is 1.55 bits per heavy atom. The van der Waals surface area contributed by atoms with Crippen LogP contribution in [0.5, 0.6) is 5.75 Å². The summed E-state index contributed by atoms with van der Waals surface area (Å²) in [6, 6.07) is 21.4. The molecule has 0 bridgehead atoms. The molecule has 7 nitrogen and oxygen atoms in total. The van der Waals surface area contributed by atoms with Crippen molar-refractivity contribution in [3.63, 3.8) is 0 Å². The standard InChI is InChI=1S/C22H17N3O4/c1-14(29-16-8-6-7-15(13-16)25(27)28)22(26)24-23-21-19-11-4-2-9-17(19)18-10-3-5-12-20(18)21/h2-14H,1H3,(H,24,26)/t14-/m1/s1. The van der Waals surface area contributed by atoms with Crippen molar-refractivity contribution in [2.24, 2.45) is 5.10 Å². The molecule has 144 valence electrons. The van der Waals surface area contributed by atoms with E-state index in [2.05, 4.69) is 10.5 Å². The van der Waals surface area contributed by atoms with E-state index in [1.54, 1.807) is 13.0 Å². The molecule has 3 aromatic rings. The SMILES string of the molecule is C[C@@H](Oc1cccc([N+](=O)[O-])c1)C(=O)NN=C1c2ccccc2-c2ccccc21. The predicted molar refractivity (Wildman–Crippen MR) is 109 cm³/mol. The molecule has 0 saturated heterocycles. The van der Waals surface area contributed by atoms with Gasteiger partial charge in [-0.1, -0.05) is 54.6 Å². The van der Waals surface area contributed by atoms with Crippen molar-refractivity contribution < 1.29 is 14.5 Å². The summed E-state index contributed by atoms with van der Waals surface area (Å²) in [5, 5.41) is 15.2. The fourth-order valence-electron chi connectivity index (χ4n) is 3.24. The van der Waals surface area contributed by atoms with E-state index in [-0.39, 0.29) is 11.4 Å². The van der Waals surface area contributed by atoms with Crippen LogP contribution in [-0.4, -0.2) is 22.6 Å². The quantitative estimate of drug-likeness (QED) is 0.415. The average Bonchev–Trinajstić information content (AvgIpc) is 3.06. The molecular weight excluding hydrogens is 370 g/mol. The number of hydrazone groups is 1. The number of fused-ring (bicyclic) bond motifs is 3. The molecule has 1 aliphatic rings. The number of nitro groups is 1. The monoisotopic (exact) mass is 387 g/mol. The first-order valence-corrected chi connectivity index (χ1v) is 9.02. The zero-order valence-electron chi connectivity index (χ0n) is 15.5. The summed E-state index contributed by atoms with van der Waals surface area (Å²) in [7, 11) is 0. The molecule has 0 radical (unpaired) electrons. The van der Waals surface area contributed by atoms with Crippen LogP contribution in [-0.2, 0) is 4.79 Å². The maximum Gasteiger partial charge on any atom is 0.280 e. The van der Waals surface area contributed by atoms with Crippen molar-refractivity contribution in [3.05, 3.63) is 94.0 Å². The molecule has 3 aromatic carbocycles. The second-order valence-electron chi connectivity index (χ2n) is 6.54. The molecule has 0 spiro atoms. The Bertz CT molecular complexity index is 1090. The number of hydrogen-bond acceptors (Lipinski definition) is 5. The van der Waals surface area contributed by atoms with E-state index in [1.165, 1.54) is 18.2 Å². The van der Waals surface area contributed by atoms with E-state index >= 15 is 0 Å². The first kappa shape index (κ1) is 18.4. The molecule has 1 amide bonds. The number of carbonyl (C=O) groups excluding carboxylic acids is 1. The summed E-state index contributed by atoms with van der Waals surface area (Å²) < 4.78 is 5.54. The smallest absolute Gasteiger partial charge is 0.280 e. The van der Waals surface area contributed by atoms with Crippen LogP contribution in [0, 0.1) is 10.1 Å². The summed E-state index contributed by atoms with van der Waals surface area (Å²) in [5.41, 5.74) is 7.16. The highest BCUT2D eigenvalue weighted by Gasteiger charge is 2.25. The lowest BCUT2D eigenvalue weighted by Gasteiger charge is -2.13. The van der Waals surface area contributed by atoms with Gasteiger partial charge in [0.25, 0.3) is 11.6 Å². The van der Waals surface area contributed by atoms with Gasteiger partial charge in [-0.2, -0.15) is 5.10 Å². The van der Waals surface area contributed by atoms with Crippen LogP contribution < -0.4 is 10.2 Å². The number of amides is 1. The van der Waals surface area contributed by atoms with Crippen LogP contribution in [0.1, 0.15) is 18.1 Å². The van der Waals surface area contributed by atoms with Gasteiger partial charge in [-0.15, -0.1) is 0 Å². The Hall–Kier alpha value is -4.00. The lowest BCUT2D eigenvalue weighted by atomic mass is 10.1. The van der Waals surface area contributed by atoms with E-state index < -0.39 is 16.9 Å². The maximum absolute atomic E-state index is 12.5. The zero-order valence-corrected chi connectivity index (χ0v) is 15.5. The number of nitro benzene ring substituents is 1. The largest absolute Gasteiger partial charge is 0.481 e. The fraction of sp³-hybridized carbons (Fsp3) is 0.0909. The van der Waals surface area contributed by atoms with Gasteiger partial charge in [0.05, 0.1) is 16.7 Å². The number of non-ortho nitro benzene ring substituents is 1. The summed E-state index contributed by atoms with van der Waals surface area (Å²) in [6.45, 7) is 1.56. The van der Waals surface area contributed by atoms with E-state index in [4.69, 9.17) is 4.74 Å². The summed E-state index contributed by atoms with van der Waals surface area (Å²) in [5.74, 6) is -0.211. The Morgan fingerprint density at radius 3 is 2.14 bits per heavy atom. The highest BCUT2D eigenvalue weighted by atomic mass is 16.6. The van der Waals surface area contributed by atoms with E-state index in [0.29, 0.717) is 5.71 Å². The van der Waals surface area contributed by atoms with E-state index in [0.717, 1.165) is 22.3 Å². The third-order valence-electron chi connectivity index (χ3n) is 4.64. The second kappa shape index (κ2) is 7.55. The van der Waals surface area contributed by atoms with Gasteiger partial charge in [-0.3, -0.25) is 14.9 Å². The number of rotatable bonds is 5. The van der Waals surface area contributed by atoms with Gasteiger partial charge in [0.1, 0.15) is 5.75 Å². The van der Waals surface area contributed by atoms with Crippen LogP contribution in [0.15, 0.2) is 77.9 Å². The van der Waals surface area contributed by atoms with Crippen LogP contribution >= 0.6 is 0 Å². The Balaban J connectivity index is 1.52. The number of nitrogens with one attached hydrogen (secondary N) is 1. The number of hydrogen-bond donors (Lipinski definition) is 1. The molecule has 29 heavy (non-hydrogen) atoms. The van der Waals surface area contributed by atoms with Gasteiger partial charge >= 0.3 is 0 Å². The first-order valence-electron chi connectivity index (χ1n) is 9.02. The van der Waals surface area contributed by atoms with Crippen molar-refractivity contribution in [2.45, 2.75) is 13.0 Å². The van der Waals surface area contributed by atoms with Gasteiger partial charge < -0.3 is 4.74 Å². The summed E-state index contributed by atoms with van der Waals surface area (Å²) >= 11 is 0. The van der Waals surface area contributed by atoms with Gasteiger partial charge in [0.15, 0.2) is 6.10 Å². The summed E-state index contributed by atoms with van der Waals surface area (Å²) in [6.07, 6.45) is -0.881. The molecule has 0 unspecified atom stereocenters. The van der Waals surface area contributed by atoms with Crippen LogP contribution in [0.4, 0.5) is 5.69 Å². The zero-order chi connectivity index (χ0) is 20.4. The van der Waals surface area contributed by atoms with Crippen molar-refractivity contribution in [1.82, 2.24) is 5.43 Å². The molecule has 0 heterocycles. The van der Waals surface area contributed by atoms with Gasteiger partial charge in [0.2, 0.25) is 0 Å². The number of benzene rings is 3. The Morgan fingerprint density at radius 1 is 0.966 bits per heavy atom. The van der Waals surface area contributed by atoms with E-state index in [9.17, 15) is 14.9 Å². The fourth-order valence-corrected chi connectivity index (χ4v) is 3.24. The van der Waals surface area contributed by atoms with Crippen LogP contribution in [0.2, 0.25) is 0 Å². The lowest BCUT2D eigenvalue weighted by Crippen LogP contribution is -2.34. The third kappa shape index (κ3) is 3.58.